The Balaban J connectivity index is 2.30. The molecule has 156 valence electrons. The number of anilines is 1. The van der Waals surface area contributed by atoms with Crippen molar-refractivity contribution in [3.8, 4) is 0 Å². The van der Waals surface area contributed by atoms with Gasteiger partial charge in [0.15, 0.2) is 0 Å². The van der Waals surface area contributed by atoms with Gasteiger partial charge in [0.25, 0.3) is 15.9 Å². The van der Waals surface area contributed by atoms with Crippen molar-refractivity contribution in [2.45, 2.75) is 18.2 Å². The monoisotopic (exact) mass is 420 g/mol. The van der Waals surface area contributed by atoms with Gasteiger partial charge in [-0.3, -0.25) is 9.52 Å². The van der Waals surface area contributed by atoms with Crippen molar-refractivity contribution in [3.05, 3.63) is 59.2 Å². The summed E-state index contributed by atoms with van der Waals surface area (Å²) >= 11 is 0. The van der Waals surface area contributed by atoms with Crippen LogP contribution in [0.15, 0.2) is 47.4 Å². The number of hydrogen-bond donors (Lipinski definition) is 2. The van der Waals surface area contributed by atoms with Crippen molar-refractivity contribution < 1.29 is 27.5 Å². The van der Waals surface area contributed by atoms with E-state index in [4.69, 9.17) is 4.74 Å². The molecule has 0 radical (unpaired) electrons. The van der Waals surface area contributed by atoms with Crippen LogP contribution in [0.4, 0.5) is 5.69 Å². The fourth-order valence-electron chi connectivity index (χ4n) is 2.62. The summed E-state index contributed by atoms with van der Waals surface area (Å²) in [6.45, 7) is 2.52. The van der Waals surface area contributed by atoms with Gasteiger partial charge in [-0.05, 0) is 43.2 Å². The Morgan fingerprint density at radius 1 is 1.07 bits per heavy atom. The normalized spacial score (nSPS) is 11.0. The maximum Gasteiger partial charge on any atom is 0.337 e. The van der Waals surface area contributed by atoms with Crippen molar-refractivity contribution in [1.82, 2.24) is 5.32 Å². The number of rotatable bonds is 9. The van der Waals surface area contributed by atoms with E-state index < -0.39 is 21.9 Å². The number of aryl methyl sites for hydroxylation is 1. The lowest BCUT2D eigenvalue weighted by atomic mass is 10.1. The zero-order valence-corrected chi connectivity index (χ0v) is 17.3. The first kappa shape index (κ1) is 22.4. The molecule has 1 amide bonds. The fraction of sp³-hybridized carbons (Fsp3) is 0.300. The Bertz CT molecular complexity index is 988. The zero-order valence-electron chi connectivity index (χ0n) is 16.5. The number of benzene rings is 2. The number of amides is 1. The molecular weight excluding hydrogens is 396 g/mol. The van der Waals surface area contributed by atoms with Gasteiger partial charge >= 0.3 is 5.97 Å². The molecule has 0 fully saturated rings. The standard InChI is InChI=1S/C20H24N2O6S/c1-14-9-10-15(20(24)28-3)13-18(14)29(25,26)22-17-8-5-4-7-16(17)19(23)21-11-6-12-27-2/h4-5,7-10,13,22H,6,11-12H2,1-3H3,(H,21,23). The summed E-state index contributed by atoms with van der Waals surface area (Å²) in [4.78, 5) is 24.1. The molecule has 0 aliphatic rings. The van der Waals surface area contributed by atoms with Gasteiger partial charge in [0.05, 0.1) is 28.8 Å². The van der Waals surface area contributed by atoms with E-state index in [1.54, 1.807) is 26.2 Å². The van der Waals surface area contributed by atoms with Crippen molar-refractivity contribution in [2.24, 2.45) is 0 Å². The first-order valence-electron chi connectivity index (χ1n) is 8.88. The molecule has 2 rings (SSSR count). The highest BCUT2D eigenvalue weighted by atomic mass is 32.2. The summed E-state index contributed by atoms with van der Waals surface area (Å²) in [7, 11) is -1.26. The molecule has 0 atom stereocenters. The van der Waals surface area contributed by atoms with Crippen molar-refractivity contribution in [3.63, 3.8) is 0 Å². The van der Waals surface area contributed by atoms with Gasteiger partial charge in [-0.15, -0.1) is 0 Å². The van der Waals surface area contributed by atoms with E-state index in [1.165, 1.54) is 37.4 Å². The maximum absolute atomic E-state index is 12.9. The number of methoxy groups -OCH3 is 2. The molecule has 0 heterocycles. The van der Waals surface area contributed by atoms with Crippen LogP contribution in [0.25, 0.3) is 0 Å². The van der Waals surface area contributed by atoms with E-state index in [0.717, 1.165) is 0 Å². The van der Waals surface area contributed by atoms with Gasteiger partial charge in [0.2, 0.25) is 0 Å². The highest BCUT2D eigenvalue weighted by Gasteiger charge is 2.22. The molecule has 0 aliphatic carbocycles. The summed E-state index contributed by atoms with van der Waals surface area (Å²) in [6, 6.07) is 10.6. The van der Waals surface area contributed by atoms with Crippen LogP contribution in [0.3, 0.4) is 0 Å². The minimum absolute atomic E-state index is 0.0734. The summed E-state index contributed by atoms with van der Waals surface area (Å²) < 4.78 is 37.9. The summed E-state index contributed by atoms with van der Waals surface area (Å²) in [6.07, 6.45) is 0.635. The number of ether oxygens (including phenoxy) is 2. The predicted molar refractivity (Wildman–Crippen MR) is 109 cm³/mol. The largest absolute Gasteiger partial charge is 0.465 e. The van der Waals surface area contributed by atoms with Crippen LogP contribution < -0.4 is 10.0 Å². The van der Waals surface area contributed by atoms with Crippen LogP contribution in [-0.2, 0) is 19.5 Å². The van der Waals surface area contributed by atoms with E-state index >= 15 is 0 Å². The molecule has 0 bridgehead atoms. The van der Waals surface area contributed by atoms with Gasteiger partial charge in [-0.2, -0.15) is 0 Å². The Labute approximate surface area is 170 Å². The van der Waals surface area contributed by atoms with E-state index in [2.05, 4.69) is 14.8 Å². The topological polar surface area (TPSA) is 111 Å². The van der Waals surface area contributed by atoms with Crippen molar-refractivity contribution in [2.75, 3.05) is 32.1 Å². The number of para-hydroxylation sites is 1. The molecule has 2 aromatic carbocycles. The molecule has 0 unspecified atom stereocenters. The molecular formula is C20H24N2O6S. The van der Waals surface area contributed by atoms with Crippen LogP contribution in [-0.4, -0.2) is 47.7 Å². The average molecular weight is 420 g/mol. The second-order valence-corrected chi connectivity index (χ2v) is 7.88. The lowest BCUT2D eigenvalue weighted by Crippen LogP contribution is -2.27. The lowest BCUT2D eigenvalue weighted by Gasteiger charge is -2.14. The van der Waals surface area contributed by atoms with Crippen LogP contribution in [0, 0.1) is 6.92 Å². The summed E-state index contributed by atoms with van der Waals surface area (Å²) in [5, 5.41) is 2.73. The molecule has 0 aromatic heterocycles. The molecule has 2 aromatic rings. The Morgan fingerprint density at radius 2 is 1.79 bits per heavy atom. The first-order chi connectivity index (χ1) is 13.8. The lowest BCUT2D eigenvalue weighted by molar-refractivity contribution is 0.0600. The van der Waals surface area contributed by atoms with E-state index in [1.807, 2.05) is 0 Å². The SMILES string of the molecule is COCCCNC(=O)c1ccccc1NS(=O)(=O)c1cc(C(=O)OC)ccc1C. The number of nitrogens with one attached hydrogen (secondary N) is 2. The van der Waals surface area contributed by atoms with Gasteiger partial charge in [-0.25, -0.2) is 13.2 Å². The van der Waals surface area contributed by atoms with E-state index in [9.17, 15) is 18.0 Å². The Morgan fingerprint density at radius 3 is 2.48 bits per heavy atom. The van der Waals surface area contributed by atoms with Crippen LogP contribution in [0.5, 0.6) is 0 Å². The van der Waals surface area contributed by atoms with Gasteiger partial charge in [-0.1, -0.05) is 18.2 Å². The number of esters is 1. The van der Waals surface area contributed by atoms with Crippen molar-refractivity contribution >= 4 is 27.6 Å². The molecule has 9 heteroatoms. The third-order valence-corrected chi connectivity index (χ3v) is 5.63. The van der Waals surface area contributed by atoms with E-state index in [-0.39, 0.29) is 21.7 Å². The summed E-state index contributed by atoms with van der Waals surface area (Å²) in [5.74, 6) is -1.04. The second kappa shape index (κ2) is 10.0. The molecule has 2 N–H and O–H groups in total. The number of sulfonamides is 1. The minimum atomic E-state index is -4.05. The Kier molecular flexibility index (Phi) is 7.74. The maximum atomic E-state index is 12.9. The molecule has 0 aliphatic heterocycles. The van der Waals surface area contributed by atoms with Crippen molar-refractivity contribution in [1.29, 1.82) is 0 Å². The second-order valence-electron chi connectivity index (χ2n) is 6.23. The van der Waals surface area contributed by atoms with Crippen LogP contribution in [0.2, 0.25) is 0 Å². The number of carbonyl (C=O) groups is 2. The van der Waals surface area contributed by atoms with Crippen LogP contribution >= 0.6 is 0 Å². The van der Waals surface area contributed by atoms with E-state index in [0.29, 0.717) is 25.1 Å². The highest BCUT2D eigenvalue weighted by molar-refractivity contribution is 7.92. The zero-order chi connectivity index (χ0) is 21.4. The quantitative estimate of drug-likeness (QED) is 0.476. The minimum Gasteiger partial charge on any atom is -0.465 e. The molecule has 29 heavy (non-hydrogen) atoms. The van der Waals surface area contributed by atoms with Gasteiger partial charge in [0, 0.05) is 20.3 Å². The first-order valence-corrected chi connectivity index (χ1v) is 10.4. The third kappa shape index (κ3) is 5.78. The van der Waals surface area contributed by atoms with Gasteiger partial charge in [0.1, 0.15) is 0 Å². The van der Waals surface area contributed by atoms with Crippen LogP contribution in [0.1, 0.15) is 32.7 Å². The van der Waals surface area contributed by atoms with Gasteiger partial charge < -0.3 is 14.8 Å². The number of hydrogen-bond acceptors (Lipinski definition) is 6. The molecule has 0 spiro atoms. The molecule has 0 saturated carbocycles. The molecule has 8 nitrogen and oxygen atoms in total. The average Bonchev–Trinajstić information content (AvgIpc) is 2.70. The fourth-order valence-corrected chi connectivity index (χ4v) is 3.97. The smallest absolute Gasteiger partial charge is 0.337 e. The summed E-state index contributed by atoms with van der Waals surface area (Å²) in [5.41, 5.74) is 0.893. The third-order valence-electron chi connectivity index (χ3n) is 4.13. The molecule has 0 saturated heterocycles. The predicted octanol–water partition coefficient (Wildman–Crippen LogP) is 2.35. The Hall–Kier alpha value is -2.91. The number of carbonyl (C=O) groups excluding carboxylic acids is 2. The highest BCUT2D eigenvalue weighted by Crippen LogP contribution is 2.23.